The van der Waals surface area contributed by atoms with E-state index in [-0.39, 0.29) is 17.5 Å². The van der Waals surface area contributed by atoms with Crippen LogP contribution in [0.4, 0.5) is 4.39 Å². The van der Waals surface area contributed by atoms with Gasteiger partial charge in [-0.1, -0.05) is 12.1 Å². The number of nitrogens with zero attached hydrogens (tertiary/aromatic N) is 1. The molecule has 0 aliphatic heterocycles. The maximum atomic E-state index is 13.4. The second-order valence-electron chi connectivity index (χ2n) is 4.36. The number of carbonyl (C=O) groups is 1. The minimum atomic E-state index is -0.332. The van der Waals surface area contributed by atoms with Crippen LogP contribution < -0.4 is 5.43 Å². The van der Waals surface area contributed by atoms with Gasteiger partial charge in [-0.15, -0.1) is 11.8 Å². The van der Waals surface area contributed by atoms with E-state index >= 15 is 0 Å². The van der Waals surface area contributed by atoms with Gasteiger partial charge in [-0.2, -0.15) is 5.10 Å². The van der Waals surface area contributed by atoms with E-state index < -0.39 is 0 Å². The topological polar surface area (TPSA) is 54.6 Å². The SMILES string of the molecule is C/C(=N/NC(=O)CSc1ccccc1F)c1ccc(C)o1. The number of furan rings is 1. The van der Waals surface area contributed by atoms with Gasteiger partial charge in [0, 0.05) is 4.90 Å². The van der Waals surface area contributed by atoms with Crippen LogP contribution in [0, 0.1) is 12.7 Å². The molecule has 0 aliphatic carbocycles. The van der Waals surface area contributed by atoms with Gasteiger partial charge in [-0.05, 0) is 38.1 Å². The first-order valence-corrected chi connectivity index (χ1v) is 7.32. The van der Waals surface area contributed by atoms with E-state index in [1.54, 1.807) is 31.2 Å². The van der Waals surface area contributed by atoms with Crippen LogP contribution in [0.25, 0.3) is 0 Å². The average molecular weight is 306 g/mol. The number of carbonyl (C=O) groups excluding carboxylic acids is 1. The van der Waals surface area contributed by atoms with Crippen molar-refractivity contribution in [3.8, 4) is 0 Å². The van der Waals surface area contributed by atoms with E-state index in [1.807, 2.05) is 13.0 Å². The maximum absolute atomic E-state index is 13.4. The Hall–Kier alpha value is -2.08. The molecule has 2 rings (SSSR count). The molecule has 1 aromatic carbocycles. The normalized spacial score (nSPS) is 11.5. The third kappa shape index (κ3) is 4.46. The van der Waals surface area contributed by atoms with Crippen molar-refractivity contribution in [2.24, 2.45) is 5.10 Å². The highest BCUT2D eigenvalue weighted by atomic mass is 32.2. The summed E-state index contributed by atoms with van der Waals surface area (Å²) in [5.41, 5.74) is 3.00. The number of nitrogens with one attached hydrogen (secondary N) is 1. The molecule has 6 heteroatoms. The molecule has 1 amide bonds. The van der Waals surface area contributed by atoms with Gasteiger partial charge in [0.2, 0.25) is 5.91 Å². The summed E-state index contributed by atoms with van der Waals surface area (Å²) in [6.07, 6.45) is 0. The van der Waals surface area contributed by atoms with E-state index in [4.69, 9.17) is 4.42 Å². The summed E-state index contributed by atoms with van der Waals surface area (Å²) in [5.74, 6) is 0.844. The molecule has 0 atom stereocenters. The van der Waals surface area contributed by atoms with Crippen LogP contribution in [0.1, 0.15) is 18.4 Å². The van der Waals surface area contributed by atoms with Crippen LogP contribution in [-0.2, 0) is 4.79 Å². The Morgan fingerprint density at radius 3 is 2.76 bits per heavy atom. The minimum absolute atomic E-state index is 0.0922. The Bertz CT molecular complexity index is 667. The highest BCUT2D eigenvalue weighted by Gasteiger charge is 2.07. The fourth-order valence-corrected chi connectivity index (χ4v) is 2.30. The van der Waals surface area contributed by atoms with Crippen LogP contribution in [0.2, 0.25) is 0 Å². The van der Waals surface area contributed by atoms with Crippen molar-refractivity contribution in [3.63, 3.8) is 0 Å². The number of hydrazone groups is 1. The summed E-state index contributed by atoms with van der Waals surface area (Å²) >= 11 is 1.13. The molecule has 0 bridgehead atoms. The molecule has 0 saturated carbocycles. The third-order valence-corrected chi connectivity index (χ3v) is 3.69. The number of hydrogen-bond donors (Lipinski definition) is 1. The van der Waals surface area contributed by atoms with Crippen LogP contribution in [0.5, 0.6) is 0 Å². The average Bonchev–Trinajstić information content (AvgIpc) is 2.90. The van der Waals surface area contributed by atoms with Gasteiger partial charge in [0.05, 0.1) is 5.75 Å². The lowest BCUT2D eigenvalue weighted by Crippen LogP contribution is -2.21. The van der Waals surface area contributed by atoms with Crippen molar-refractivity contribution in [1.82, 2.24) is 5.43 Å². The Morgan fingerprint density at radius 2 is 2.10 bits per heavy atom. The Morgan fingerprint density at radius 1 is 1.33 bits per heavy atom. The zero-order valence-electron chi connectivity index (χ0n) is 11.7. The highest BCUT2D eigenvalue weighted by Crippen LogP contribution is 2.20. The van der Waals surface area contributed by atoms with E-state index in [0.717, 1.165) is 17.5 Å². The Balaban J connectivity index is 1.86. The third-order valence-electron chi connectivity index (χ3n) is 2.64. The molecular formula is C15H15FN2O2S. The van der Waals surface area contributed by atoms with Crippen LogP contribution in [-0.4, -0.2) is 17.4 Å². The fraction of sp³-hybridized carbons (Fsp3) is 0.200. The van der Waals surface area contributed by atoms with E-state index in [2.05, 4.69) is 10.5 Å². The van der Waals surface area contributed by atoms with Gasteiger partial charge in [-0.3, -0.25) is 4.79 Å². The van der Waals surface area contributed by atoms with Crippen molar-refractivity contribution in [2.45, 2.75) is 18.7 Å². The second kappa shape index (κ2) is 7.08. The molecule has 0 fully saturated rings. The molecular weight excluding hydrogens is 291 g/mol. The smallest absolute Gasteiger partial charge is 0.250 e. The number of benzene rings is 1. The van der Waals surface area contributed by atoms with Gasteiger partial charge in [0.15, 0.2) is 0 Å². The van der Waals surface area contributed by atoms with E-state index in [0.29, 0.717) is 16.4 Å². The zero-order chi connectivity index (χ0) is 15.2. The van der Waals surface area contributed by atoms with Gasteiger partial charge in [-0.25, -0.2) is 9.82 Å². The molecule has 0 saturated heterocycles. The summed E-state index contributed by atoms with van der Waals surface area (Å²) < 4.78 is 18.8. The summed E-state index contributed by atoms with van der Waals surface area (Å²) in [5, 5.41) is 3.96. The molecule has 1 aromatic heterocycles. The Kier molecular flexibility index (Phi) is 5.16. The number of aryl methyl sites for hydroxylation is 1. The number of amides is 1. The number of hydrogen-bond acceptors (Lipinski definition) is 4. The molecule has 1 heterocycles. The van der Waals surface area contributed by atoms with Crippen molar-refractivity contribution in [2.75, 3.05) is 5.75 Å². The zero-order valence-corrected chi connectivity index (χ0v) is 12.5. The molecule has 110 valence electrons. The fourth-order valence-electron chi connectivity index (χ4n) is 1.57. The molecule has 0 unspecified atom stereocenters. The van der Waals surface area contributed by atoms with Crippen molar-refractivity contribution >= 4 is 23.4 Å². The first-order valence-electron chi connectivity index (χ1n) is 6.33. The lowest BCUT2D eigenvalue weighted by atomic mass is 10.3. The summed E-state index contributed by atoms with van der Waals surface area (Å²) in [6.45, 7) is 3.57. The lowest BCUT2D eigenvalue weighted by molar-refractivity contribution is -0.118. The van der Waals surface area contributed by atoms with Crippen molar-refractivity contribution in [1.29, 1.82) is 0 Å². The molecule has 21 heavy (non-hydrogen) atoms. The number of halogens is 1. The molecule has 2 aromatic rings. The summed E-state index contributed by atoms with van der Waals surface area (Å²) in [6, 6.07) is 9.94. The summed E-state index contributed by atoms with van der Waals surface area (Å²) in [7, 11) is 0. The predicted octanol–water partition coefficient (Wildman–Crippen LogP) is 3.36. The first kappa shape index (κ1) is 15.3. The quantitative estimate of drug-likeness (QED) is 0.523. The van der Waals surface area contributed by atoms with Crippen LogP contribution in [0.15, 0.2) is 50.8 Å². The maximum Gasteiger partial charge on any atom is 0.250 e. The van der Waals surface area contributed by atoms with Gasteiger partial charge < -0.3 is 4.42 Å². The second-order valence-corrected chi connectivity index (χ2v) is 5.38. The monoisotopic (exact) mass is 306 g/mol. The Labute approximate surface area is 126 Å². The molecule has 0 spiro atoms. The molecule has 4 nitrogen and oxygen atoms in total. The number of thioether (sulfide) groups is 1. The molecule has 0 radical (unpaired) electrons. The van der Waals surface area contributed by atoms with Crippen molar-refractivity contribution < 1.29 is 13.6 Å². The first-order chi connectivity index (χ1) is 10.1. The lowest BCUT2D eigenvalue weighted by Gasteiger charge is -2.02. The predicted molar refractivity (Wildman–Crippen MR) is 80.9 cm³/mol. The van der Waals surface area contributed by atoms with Crippen LogP contribution >= 0.6 is 11.8 Å². The molecule has 1 N–H and O–H groups in total. The van der Waals surface area contributed by atoms with Gasteiger partial charge >= 0.3 is 0 Å². The minimum Gasteiger partial charge on any atom is -0.460 e. The van der Waals surface area contributed by atoms with Crippen molar-refractivity contribution in [3.05, 3.63) is 53.7 Å². The largest absolute Gasteiger partial charge is 0.460 e. The van der Waals surface area contributed by atoms with E-state index in [9.17, 15) is 9.18 Å². The molecule has 0 aliphatic rings. The van der Waals surface area contributed by atoms with Crippen LogP contribution in [0.3, 0.4) is 0 Å². The van der Waals surface area contributed by atoms with E-state index in [1.165, 1.54) is 6.07 Å². The standard InChI is InChI=1S/C15H15FN2O2S/c1-10-7-8-13(20-10)11(2)17-18-15(19)9-21-14-6-4-3-5-12(14)16/h3-8H,9H2,1-2H3,(H,18,19)/b17-11-. The van der Waals surface area contributed by atoms with Gasteiger partial charge in [0.1, 0.15) is 23.0 Å². The summed E-state index contributed by atoms with van der Waals surface area (Å²) in [4.78, 5) is 12.1. The highest BCUT2D eigenvalue weighted by molar-refractivity contribution is 8.00. The number of rotatable bonds is 5. The van der Waals surface area contributed by atoms with Gasteiger partial charge in [0.25, 0.3) is 0 Å².